The number of hydrogen-bond donors (Lipinski definition) is 0. The van der Waals surface area contributed by atoms with Crippen LogP contribution in [0.3, 0.4) is 0 Å². The van der Waals surface area contributed by atoms with E-state index in [1.165, 1.54) is 5.56 Å². The van der Waals surface area contributed by atoms with Gasteiger partial charge in [0.1, 0.15) is 0 Å². The van der Waals surface area contributed by atoms with E-state index in [9.17, 15) is 4.79 Å². The molecule has 1 amide bonds. The summed E-state index contributed by atoms with van der Waals surface area (Å²) < 4.78 is 6.03. The van der Waals surface area contributed by atoms with Gasteiger partial charge < -0.3 is 9.64 Å². The molecule has 3 heterocycles. The molecule has 2 aliphatic heterocycles. The summed E-state index contributed by atoms with van der Waals surface area (Å²) in [5.41, 5.74) is 3.27. The number of nitrogens with zero attached hydrogens (tertiary/aromatic N) is 3. The van der Waals surface area contributed by atoms with Crippen LogP contribution in [-0.2, 0) is 22.6 Å². The van der Waals surface area contributed by atoms with Crippen LogP contribution in [0.4, 0.5) is 0 Å². The van der Waals surface area contributed by atoms with Gasteiger partial charge in [-0.15, -0.1) is 0 Å². The first kappa shape index (κ1) is 17.2. The summed E-state index contributed by atoms with van der Waals surface area (Å²) in [4.78, 5) is 21.7. The standard InChI is InChI=1S/C21H25N3O2/c1-16-6-5-9-18(22-16)13-23-14-19-20(15-23)26-11-10-21(25)24(19)12-17-7-3-2-4-8-17/h2-9,19-20H,10-15H2,1H3/t19-,20-/m0/s1. The lowest BCUT2D eigenvalue weighted by molar-refractivity contribution is -0.133. The number of aromatic nitrogens is 1. The molecule has 5 heteroatoms. The number of rotatable bonds is 4. The largest absolute Gasteiger partial charge is 0.374 e. The fourth-order valence-corrected chi connectivity index (χ4v) is 3.95. The summed E-state index contributed by atoms with van der Waals surface area (Å²) in [6, 6.07) is 16.4. The number of likely N-dealkylation sites (tertiary alicyclic amines) is 1. The van der Waals surface area contributed by atoms with Crippen molar-refractivity contribution in [1.82, 2.24) is 14.8 Å². The van der Waals surface area contributed by atoms with Gasteiger partial charge in [-0.05, 0) is 24.6 Å². The van der Waals surface area contributed by atoms with Gasteiger partial charge in [0.05, 0.1) is 30.9 Å². The molecule has 2 aromatic rings. The molecule has 0 bridgehead atoms. The van der Waals surface area contributed by atoms with Crippen molar-refractivity contribution in [3.8, 4) is 0 Å². The van der Waals surface area contributed by atoms with E-state index >= 15 is 0 Å². The van der Waals surface area contributed by atoms with E-state index in [1.807, 2.05) is 42.2 Å². The highest BCUT2D eigenvalue weighted by atomic mass is 16.5. The molecule has 0 saturated carbocycles. The predicted octanol–water partition coefficient (Wildman–Crippen LogP) is 2.39. The van der Waals surface area contributed by atoms with Crippen LogP contribution in [0, 0.1) is 6.92 Å². The predicted molar refractivity (Wildman–Crippen MR) is 99.4 cm³/mol. The van der Waals surface area contributed by atoms with Crippen LogP contribution in [0.1, 0.15) is 23.4 Å². The molecule has 0 unspecified atom stereocenters. The molecular formula is C21H25N3O2. The molecular weight excluding hydrogens is 326 g/mol. The second-order valence-electron chi connectivity index (χ2n) is 7.20. The molecule has 2 aliphatic rings. The van der Waals surface area contributed by atoms with Crippen molar-refractivity contribution in [1.29, 1.82) is 0 Å². The number of ether oxygens (including phenoxy) is 1. The van der Waals surface area contributed by atoms with E-state index in [2.05, 4.69) is 28.1 Å². The summed E-state index contributed by atoms with van der Waals surface area (Å²) in [5, 5.41) is 0. The Hall–Kier alpha value is -2.24. The molecule has 2 saturated heterocycles. The van der Waals surface area contributed by atoms with E-state index in [1.54, 1.807) is 0 Å². The molecule has 2 atom stereocenters. The van der Waals surface area contributed by atoms with Crippen LogP contribution < -0.4 is 0 Å². The van der Waals surface area contributed by atoms with E-state index < -0.39 is 0 Å². The van der Waals surface area contributed by atoms with Crippen LogP contribution >= 0.6 is 0 Å². The minimum atomic E-state index is 0.0787. The van der Waals surface area contributed by atoms with Crippen molar-refractivity contribution in [3.63, 3.8) is 0 Å². The van der Waals surface area contributed by atoms with Crippen LogP contribution in [-0.4, -0.2) is 52.5 Å². The van der Waals surface area contributed by atoms with Gasteiger partial charge in [0.2, 0.25) is 5.91 Å². The summed E-state index contributed by atoms with van der Waals surface area (Å²) in [6.07, 6.45) is 0.550. The smallest absolute Gasteiger partial charge is 0.225 e. The number of amides is 1. The maximum absolute atomic E-state index is 12.7. The number of fused-ring (bicyclic) bond motifs is 1. The SMILES string of the molecule is Cc1cccc(CN2C[C@@H]3OCCC(=O)N(Cc4ccccc4)[C@H]3C2)n1. The Morgan fingerprint density at radius 3 is 2.73 bits per heavy atom. The molecule has 0 spiro atoms. The zero-order chi connectivity index (χ0) is 17.9. The molecule has 0 aliphatic carbocycles. The first-order valence-electron chi connectivity index (χ1n) is 9.29. The fourth-order valence-electron chi connectivity index (χ4n) is 3.95. The fraction of sp³-hybridized carbons (Fsp3) is 0.429. The Morgan fingerprint density at radius 1 is 1.08 bits per heavy atom. The molecule has 2 fully saturated rings. The number of benzene rings is 1. The van der Waals surface area contributed by atoms with Crippen molar-refractivity contribution < 1.29 is 9.53 Å². The summed E-state index contributed by atoms with van der Waals surface area (Å²) >= 11 is 0. The lowest BCUT2D eigenvalue weighted by Crippen LogP contribution is -2.45. The summed E-state index contributed by atoms with van der Waals surface area (Å²) in [6.45, 7) is 5.66. The Balaban J connectivity index is 1.50. The quantitative estimate of drug-likeness (QED) is 0.849. The van der Waals surface area contributed by atoms with E-state index in [4.69, 9.17) is 4.74 Å². The van der Waals surface area contributed by atoms with Crippen molar-refractivity contribution in [2.24, 2.45) is 0 Å². The Bertz CT molecular complexity index is 765. The minimum absolute atomic E-state index is 0.0787. The van der Waals surface area contributed by atoms with Crippen molar-refractivity contribution >= 4 is 5.91 Å². The molecule has 1 aromatic carbocycles. The number of aryl methyl sites for hydroxylation is 1. The van der Waals surface area contributed by atoms with E-state index in [-0.39, 0.29) is 18.1 Å². The van der Waals surface area contributed by atoms with Gasteiger partial charge in [0, 0.05) is 31.9 Å². The molecule has 136 valence electrons. The molecule has 5 nitrogen and oxygen atoms in total. The maximum atomic E-state index is 12.7. The van der Waals surface area contributed by atoms with Gasteiger partial charge in [-0.25, -0.2) is 0 Å². The Labute approximate surface area is 154 Å². The first-order chi connectivity index (χ1) is 12.7. The van der Waals surface area contributed by atoms with Gasteiger partial charge in [-0.2, -0.15) is 0 Å². The van der Waals surface area contributed by atoms with Crippen molar-refractivity contribution in [2.45, 2.75) is 38.6 Å². The van der Waals surface area contributed by atoms with Crippen molar-refractivity contribution in [2.75, 3.05) is 19.7 Å². The molecule has 0 N–H and O–H groups in total. The zero-order valence-corrected chi connectivity index (χ0v) is 15.2. The van der Waals surface area contributed by atoms with E-state index in [0.717, 1.165) is 31.0 Å². The lowest BCUT2D eigenvalue weighted by atomic mass is 10.1. The summed E-state index contributed by atoms with van der Waals surface area (Å²) in [5.74, 6) is 0.192. The highest BCUT2D eigenvalue weighted by Gasteiger charge is 2.41. The lowest BCUT2D eigenvalue weighted by Gasteiger charge is -2.30. The third-order valence-corrected chi connectivity index (χ3v) is 5.21. The maximum Gasteiger partial charge on any atom is 0.225 e. The van der Waals surface area contributed by atoms with Gasteiger partial charge in [-0.1, -0.05) is 36.4 Å². The second kappa shape index (κ2) is 7.56. The molecule has 26 heavy (non-hydrogen) atoms. The number of hydrogen-bond acceptors (Lipinski definition) is 4. The van der Waals surface area contributed by atoms with Gasteiger partial charge in [-0.3, -0.25) is 14.7 Å². The van der Waals surface area contributed by atoms with Crippen LogP contribution in [0.2, 0.25) is 0 Å². The van der Waals surface area contributed by atoms with Crippen LogP contribution in [0.25, 0.3) is 0 Å². The highest BCUT2D eigenvalue weighted by molar-refractivity contribution is 5.77. The third-order valence-electron chi connectivity index (χ3n) is 5.21. The molecule has 1 aromatic heterocycles. The minimum Gasteiger partial charge on any atom is -0.374 e. The first-order valence-corrected chi connectivity index (χ1v) is 9.29. The second-order valence-corrected chi connectivity index (χ2v) is 7.20. The third kappa shape index (κ3) is 3.79. The number of carbonyl (C=O) groups excluding carboxylic acids is 1. The van der Waals surface area contributed by atoms with Gasteiger partial charge in [0.25, 0.3) is 0 Å². The number of carbonyl (C=O) groups is 1. The average Bonchev–Trinajstić information content (AvgIpc) is 2.96. The summed E-state index contributed by atoms with van der Waals surface area (Å²) in [7, 11) is 0. The van der Waals surface area contributed by atoms with Gasteiger partial charge >= 0.3 is 0 Å². The molecule has 0 radical (unpaired) electrons. The van der Waals surface area contributed by atoms with Crippen molar-refractivity contribution in [3.05, 3.63) is 65.5 Å². The Kier molecular flexibility index (Phi) is 5.00. The van der Waals surface area contributed by atoms with Gasteiger partial charge in [0.15, 0.2) is 0 Å². The monoisotopic (exact) mass is 351 g/mol. The normalized spacial score (nSPS) is 23.7. The number of pyridine rings is 1. The topological polar surface area (TPSA) is 45.7 Å². The van der Waals surface area contributed by atoms with Crippen LogP contribution in [0.15, 0.2) is 48.5 Å². The van der Waals surface area contributed by atoms with Crippen LogP contribution in [0.5, 0.6) is 0 Å². The zero-order valence-electron chi connectivity index (χ0n) is 15.2. The average molecular weight is 351 g/mol. The Morgan fingerprint density at radius 2 is 1.92 bits per heavy atom. The molecule has 4 rings (SSSR count). The van der Waals surface area contributed by atoms with E-state index in [0.29, 0.717) is 19.6 Å². The highest BCUT2D eigenvalue weighted by Crippen LogP contribution is 2.26.